The molecule has 2 aliphatic carbocycles. The summed E-state index contributed by atoms with van der Waals surface area (Å²) in [4.78, 5) is 33.2. The summed E-state index contributed by atoms with van der Waals surface area (Å²) in [5, 5.41) is 22.1. The van der Waals surface area contributed by atoms with Gasteiger partial charge in [-0.3, -0.25) is 23.7 Å². The second kappa shape index (κ2) is 14.4. The summed E-state index contributed by atoms with van der Waals surface area (Å²) in [6.45, 7) is 2.16. The Bertz CT molecular complexity index is 2700. The van der Waals surface area contributed by atoms with E-state index in [2.05, 4.69) is 32.1 Å². The highest BCUT2D eigenvalue weighted by atomic mass is 35.5. The molecule has 2 aliphatic rings. The van der Waals surface area contributed by atoms with Gasteiger partial charge >= 0.3 is 0 Å². The van der Waals surface area contributed by atoms with E-state index >= 15 is 8.78 Å². The number of alkyl halides is 2. The number of amides is 2. The van der Waals surface area contributed by atoms with Crippen LogP contribution in [0, 0.1) is 29.4 Å². The molecule has 2 amide bonds. The molecule has 0 spiro atoms. The summed E-state index contributed by atoms with van der Waals surface area (Å²) < 4.78 is 89.7. The summed E-state index contributed by atoms with van der Waals surface area (Å²) in [6.07, 6.45) is 0.846. The minimum Gasteiger partial charge on any atom is -0.378 e. The number of pyridine rings is 1. The van der Waals surface area contributed by atoms with Gasteiger partial charge in [0.15, 0.2) is 11.5 Å². The van der Waals surface area contributed by atoms with Crippen molar-refractivity contribution in [3.05, 3.63) is 93.0 Å². The first-order valence-corrected chi connectivity index (χ1v) is 20.1. The third-order valence-electron chi connectivity index (χ3n) is 9.79. The van der Waals surface area contributed by atoms with E-state index in [1.807, 2.05) is 0 Å². The van der Waals surface area contributed by atoms with Crippen molar-refractivity contribution in [2.75, 3.05) is 25.1 Å². The zero-order chi connectivity index (χ0) is 42.2. The molecule has 1 fully saturated rings. The molecule has 19 heteroatoms. The molecule has 0 bridgehead atoms. The monoisotopic (exact) mass is 840 g/mol. The molecule has 3 N–H and O–H groups in total. The van der Waals surface area contributed by atoms with Gasteiger partial charge in [-0.1, -0.05) is 23.6 Å². The van der Waals surface area contributed by atoms with Crippen LogP contribution < -0.4 is 10.0 Å². The van der Waals surface area contributed by atoms with E-state index < -0.39 is 75.1 Å². The van der Waals surface area contributed by atoms with Gasteiger partial charge in [-0.05, 0) is 74.4 Å². The van der Waals surface area contributed by atoms with Gasteiger partial charge < -0.3 is 15.3 Å². The van der Waals surface area contributed by atoms with E-state index in [9.17, 15) is 31.9 Å². The van der Waals surface area contributed by atoms with Crippen LogP contribution in [-0.2, 0) is 40.8 Å². The Balaban J connectivity index is 1.39. The second-order valence-electron chi connectivity index (χ2n) is 15.2. The van der Waals surface area contributed by atoms with Crippen molar-refractivity contribution in [3.63, 3.8) is 0 Å². The van der Waals surface area contributed by atoms with Crippen LogP contribution in [0.1, 0.15) is 70.9 Å². The number of hydrogen-bond donors (Lipinski definition) is 3. The average Bonchev–Trinajstić information content (AvgIpc) is 3.65. The molecule has 3 aromatic heterocycles. The highest BCUT2D eigenvalue weighted by molar-refractivity contribution is 7.92. The Labute approximate surface area is 335 Å². The Morgan fingerprint density at radius 1 is 1.10 bits per heavy atom. The highest BCUT2D eigenvalue weighted by Gasteiger charge is 2.67. The van der Waals surface area contributed by atoms with Crippen LogP contribution >= 0.6 is 11.6 Å². The lowest BCUT2D eigenvalue weighted by Gasteiger charge is -2.23. The molecule has 3 heterocycles. The van der Waals surface area contributed by atoms with Gasteiger partial charge in [0.1, 0.15) is 35.2 Å². The normalized spacial score (nSPS) is 17.2. The number of fused-ring (bicyclic) bond motifs is 4. The van der Waals surface area contributed by atoms with Crippen LogP contribution in [0.3, 0.4) is 0 Å². The number of aliphatic hydroxyl groups is 1. The average molecular weight is 841 g/mol. The van der Waals surface area contributed by atoms with Crippen molar-refractivity contribution in [1.82, 2.24) is 34.8 Å². The van der Waals surface area contributed by atoms with E-state index in [-0.39, 0.29) is 57.3 Å². The number of carbonyl (C=O) groups is 2. The minimum absolute atomic E-state index is 0.0672. The third-order valence-corrected chi connectivity index (χ3v) is 10.7. The van der Waals surface area contributed by atoms with Crippen molar-refractivity contribution < 1.29 is 40.7 Å². The number of halogens is 5. The van der Waals surface area contributed by atoms with E-state index in [1.54, 1.807) is 19.2 Å². The van der Waals surface area contributed by atoms with Crippen molar-refractivity contribution >= 4 is 50.2 Å². The van der Waals surface area contributed by atoms with Crippen LogP contribution in [-0.4, -0.2) is 80.7 Å². The van der Waals surface area contributed by atoms with Gasteiger partial charge in [-0.25, -0.2) is 22.2 Å². The standard InChI is InChI=1S/C39H37ClF4N8O5S/c1-38(2,55)12-11-22-7-8-23(24-9-10-27(40)31-34(24)51(5)48-36(31)49-58(6,56)57)32(45-22)28(15-19-13-20(41)16-21(42)14-19)46-29(53)18-52-35-30(25-17-26(25)39(35,43)44)33(47-52)37(54)50(3)4/h7-10,13-14,16,25-26,28,55H,15,17-18H2,1-6H3,(H,46,53)(H,48,49). The quantitative estimate of drug-likeness (QED) is 0.127. The minimum atomic E-state index is -3.81. The number of carbonyl (C=O) groups excluding carboxylic acids is 2. The molecular formula is C39H37ClF4N8O5S. The molecule has 304 valence electrons. The summed E-state index contributed by atoms with van der Waals surface area (Å²) in [5.41, 5.74) is -0.661. The molecule has 2 aromatic carbocycles. The maximum Gasteiger partial charge on any atom is 0.293 e. The Morgan fingerprint density at radius 2 is 1.78 bits per heavy atom. The number of rotatable bonds is 10. The SMILES string of the molecule is CN(C)C(=O)c1nn(CC(=O)NC(Cc2cc(F)cc(F)c2)c2nc(C#CC(C)(C)O)ccc2-c2ccc(Cl)c3c(NS(C)(=O)=O)nn(C)c23)c2c1C1CC1C2(F)F. The predicted molar refractivity (Wildman–Crippen MR) is 207 cm³/mol. The number of anilines is 1. The molecule has 7 rings (SSSR count). The first-order chi connectivity index (χ1) is 27.0. The van der Waals surface area contributed by atoms with E-state index in [0.717, 1.165) is 23.1 Å². The lowest BCUT2D eigenvalue weighted by Crippen LogP contribution is -2.35. The van der Waals surface area contributed by atoms with Crippen molar-refractivity contribution in [2.24, 2.45) is 13.0 Å². The molecule has 3 atom stereocenters. The second-order valence-corrected chi connectivity index (χ2v) is 17.4. The van der Waals surface area contributed by atoms with Gasteiger partial charge in [0, 0.05) is 49.8 Å². The topological polar surface area (TPSA) is 164 Å². The molecule has 13 nitrogen and oxygen atoms in total. The first kappa shape index (κ1) is 40.7. The molecule has 0 aliphatic heterocycles. The van der Waals surface area contributed by atoms with Crippen molar-refractivity contribution in [1.29, 1.82) is 0 Å². The zero-order valence-corrected chi connectivity index (χ0v) is 33.5. The van der Waals surface area contributed by atoms with E-state index in [4.69, 9.17) is 16.6 Å². The fourth-order valence-electron chi connectivity index (χ4n) is 7.41. The van der Waals surface area contributed by atoms with Crippen LogP contribution in [0.2, 0.25) is 5.02 Å². The number of aryl methyl sites for hydroxylation is 1. The maximum absolute atomic E-state index is 15.7. The van der Waals surface area contributed by atoms with Crippen LogP contribution in [0.25, 0.3) is 22.0 Å². The number of aromatic nitrogens is 5. The first-order valence-electron chi connectivity index (χ1n) is 17.9. The number of sulfonamides is 1. The van der Waals surface area contributed by atoms with Gasteiger partial charge in [0.05, 0.1) is 33.9 Å². The molecular weight excluding hydrogens is 804 g/mol. The predicted octanol–water partition coefficient (Wildman–Crippen LogP) is 5.27. The fourth-order valence-corrected chi connectivity index (χ4v) is 8.14. The molecule has 1 saturated carbocycles. The van der Waals surface area contributed by atoms with Gasteiger partial charge in [0.2, 0.25) is 15.9 Å². The summed E-state index contributed by atoms with van der Waals surface area (Å²) in [7, 11) is 0.669. The van der Waals surface area contributed by atoms with E-state index in [0.29, 0.717) is 22.7 Å². The lowest BCUT2D eigenvalue weighted by molar-refractivity contribution is -0.122. The molecule has 3 unspecified atom stereocenters. The molecule has 5 aromatic rings. The highest BCUT2D eigenvalue weighted by Crippen LogP contribution is 2.67. The smallest absolute Gasteiger partial charge is 0.293 e. The Morgan fingerprint density at radius 3 is 2.41 bits per heavy atom. The summed E-state index contributed by atoms with van der Waals surface area (Å²) >= 11 is 6.61. The van der Waals surface area contributed by atoms with Crippen LogP contribution in [0.5, 0.6) is 0 Å². The summed E-state index contributed by atoms with van der Waals surface area (Å²) in [6, 6.07) is 7.82. The number of benzene rings is 2. The maximum atomic E-state index is 15.7. The van der Waals surface area contributed by atoms with Crippen molar-refractivity contribution in [2.45, 2.75) is 56.7 Å². The van der Waals surface area contributed by atoms with Crippen molar-refractivity contribution in [3.8, 4) is 23.0 Å². The number of hydrogen-bond acceptors (Lipinski definition) is 8. The lowest BCUT2D eigenvalue weighted by atomic mass is 9.93. The number of nitrogens with one attached hydrogen (secondary N) is 2. The van der Waals surface area contributed by atoms with Gasteiger partial charge in [-0.2, -0.15) is 19.0 Å². The molecule has 0 saturated heterocycles. The molecule has 58 heavy (non-hydrogen) atoms. The zero-order valence-electron chi connectivity index (χ0n) is 32.0. The Kier molecular flexibility index (Phi) is 10.1. The largest absolute Gasteiger partial charge is 0.378 e. The van der Waals surface area contributed by atoms with E-state index in [1.165, 1.54) is 49.7 Å². The van der Waals surface area contributed by atoms with Gasteiger partial charge in [-0.15, -0.1) is 0 Å². The van der Waals surface area contributed by atoms with Gasteiger partial charge in [0.25, 0.3) is 11.8 Å². The summed E-state index contributed by atoms with van der Waals surface area (Å²) in [5.74, 6) is -2.79. The Hall–Kier alpha value is -5.51. The fraction of sp³-hybridized carbons (Fsp3) is 0.359. The van der Waals surface area contributed by atoms with Crippen LogP contribution in [0.4, 0.5) is 23.4 Å². The third kappa shape index (κ3) is 7.85. The molecule has 0 radical (unpaired) electrons. The number of nitrogens with zero attached hydrogens (tertiary/aromatic N) is 6. The van der Waals surface area contributed by atoms with Crippen LogP contribution in [0.15, 0.2) is 42.5 Å².